The van der Waals surface area contributed by atoms with Crippen LogP contribution in [0.25, 0.3) is 0 Å². The molecule has 1 atom stereocenters. The van der Waals surface area contributed by atoms with Crippen molar-refractivity contribution >= 4 is 39.1 Å². The lowest BCUT2D eigenvalue weighted by molar-refractivity contribution is -0.117. The number of rotatable bonds is 5. The van der Waals surface area contributed by atoms with Gasteiger partial charge in [-0.2, -0.15) is 0 Å². The first-order chi connectivity index (χ1) is 13.3. The van der Waals surface area contributed by atoms with Crippen molar-refractivity contribution in [3.8, 4) is 11.5 Å². The summed E-state index contributed by atoms with van der Waals surface area (Å²) in [6, 6.07) is 8.16. The summed E-state index contributed by atoms with van der Waals surface area (Å²) in [5, 5.41) is 0.273. The number of benzene rings is 2. The van der Waals surface area contributed by atoms with Gasteiger partial charge < -0.3 is 14.4 Å². The lowest BCUT2D eigenvalue weighted by Crippen LogP contribution is -2.35. The number of nitrogens with zero attached hydrogens (tertiary/aromatic N) is 1. The molecule has 9 heteroatoms. The third-order valence-electron chi connectivity index (χ3n) is 4.79. The molecular formula is C19H20N2O5S2. The maximum Gasteiger partial charge on any atom is 0.262 e. The molecule has 2 aliphatic heterocycles. The van der Waals surface area contributed by atoms with Crippen molar-refractivity contribution in [2.75, 3.05) is 30.4 Å². The van der Waals surface area contributed by atoms with Gasteiger partial charge in [0.1, 0.15) is 0 Å². The van der Waals surface area contributed by atoms with Crippen molar-refractivity contribution in [2.45, 2.75) is 28.4 Å². The van der Waals surface area contributed by atoms with E-state index in [9.17, 15) is 13.2 Å². The molecule has 0 aliphatic carbocycles. The minimum atomic E-state index is -3.88. The Morgan fingerprint density at radius 1 is 1.14 bits per heavy atom. The van der Waals surface area contributed by atoms with Crippen LogP contribution in [-0.4, -0.2) is 40.3 Å². The van der Waals surface area contributed by atoms with E-state index >= 15 is 0 Å². The number of carbonyl (C=O) groups is 1. The van der Waals surface area contributed by atoms with Crippen LogP contribution < -0.4 is 19.1 Å². The molecule has 7 nitrogen and oxygen atoms in total. The van der Waals surface area contributed by atoms with Crippen molar-refractivity contribution in [3.63, 3.8) is 0 Å². The monoisotopic (exact) mass is 420 g/mol. The van der Waals surface area contributed by atoms with Crippen LogP contribution in [0.3, 0.4) is 0 Å². The Balaban J connectivity index is 1.73. The molecule has 4 rings (SSSR count). The molecule has 0 saturated carbocycles. The molecule has 148 valence electrons. The topological polar surface area (TPSA) is 84.9 Å². The van der Waals surface area contributed by atoms with E-state index in [4.69, 9.17) is 9.47 Å². The maximum absolute atomic E-state index is 13.1. The zero-order chi connectivity index (χ0) is 20.1. The number of nitrogens with one attached hydrogen (secondary N) is 1. The minimum absolute atomic E-state index is 0.0582. The van der Waals surface area contributed by atoms with E-state index < -0.39 is 10.0 Å². The number of methoxy groups -OCH3 is 2. The van der Waals surface area contributed by atoms with E-state index in [-0.39, 0.29) is 22.5 Å². The van der Waals surface area contributed by atoms with Gasteiger partial charge in [0.2, 0.25) is 5.91 Å². The lowest BCUT2D eigenvalue weighted by Gasteiger charge is -2.29. The van der Waals surface area contributed by atoms with E-state index in [0.29, 0.717) is 29.3 Å². The van der Waals surface area contributed by atoms with Crippen molar-refractivity contribution in [3.05, 3.63) is 35.9 Å². The van der Waals surface area contributed by atoms with E-state index in [1.807, 2.05) is 0 Å². The second-order valence-corrected chi connectivity index (χ2v) is 9.80. The highest BCUT2D eigenvalue weighted by atomic mass is 32.2. The molecule has 28 heavy (non-hydrogen) atoms. The summed E-state index contributed by atoms with van der Waals surface area (Å²) < 4.78 is 39.2. The number of ether oxygens (including phenoxy) is 2. The summed E-state index contributed by atoms with van der Waals surface area (Å²) in [6.07, 6.45) is 0.0959. The third kappa shape index (κ3) is 3.08. The standard InChI is InChI=1S/C19H20N2O5S2/c1-11-10-21-18(22)9-13-17(7-6-16(27-11)19(13)21)28(23,24)20-12-4-5-14(25-2)15(8-12)26-3/h4-8,11,20H,9-10H2,1-3H3. The zero-order valence-corrected chi connectivity index (χ0v) is 17.3. The fourth-order valence-corrected chi connectivity index (χ4v) is 6.03. The molecule has 1 amide bonds. The van der Waals surface area contributed by atoms with Gasteiger partial charge in [-0.05, 0) is 24.3 Å². The predicted octanol–water partition coefficient (Wildman–Crippen LogP) is 2.89. The first-order valence-electron chi connectivity index (χ1n) is 8.72. The summed E-state index contributed by atoms with van der Waals surface area (Å²) in [5.41, 5.74) is 1.66. The van der Waals surface area contributed by atoms with Crippen LogP contribution in [0.2, 0.25) is 0 Å². The third-order valence-corrected chi connectivity index (χ3v) is 7.40. The Hall–Kier alpha value is -2.39. The number of hydrogen-bond donors (Lipinski definition) is 1. The Bertz CT molecular complexity index is 1070. The van der Waals surface area contributed by atoms with Crippen molar-refractivity contribution in [1.82, 2.24) is 0 Å². The number of carbonyl (C=O) groups excluding carboxylic acids is 1. The van der Waals surface area contributed by atoms with E-state index in [2.05, 4.69) is 11.6 Å². The highest BCUT2D eigenvalue weighted by molar-refractivity contribution is 8.00. The quantitative estimate of drug-likeness (QED) is 0.801. The first-order valence-corrected chi connectivity index (χ1v) is 11.1. The summed E-state index contributed by atoms with van der Waals surface area (Å²) in [6.45, 7) is 2.65. The molecule has 2 aromatic carbocycles. The Labute approximate surface area is 168 Å². The van der Waals surface area contributed by atoms with E-state index in [1.54, 1.807) is 47.0 Å². The molecule has 0 radical (unpaired) electrons. The number of anilines is 2. The van der Waals surface area contributed by atoms with Crippen molar-refractivity contribution in [2.24, 2.45) is 0 Å². The fourth-order valence-electron chi connectivity index (χ4n) is 3.60. The van der Waals surface area contributed by atoms with Crippen LogP contribution in [0.1, 0.15) is 12.5 Å². The number of sulfonamides is 1. The van der Waals surface area contributed by atoms with Gasteiger partial charge in [-0.1, -0.05) is 6.92 Å². The summed E-state index contributed by atoms with van der Waals surface area (Å²) >= 11 is 1.66. The number of amides is 1. The maximum atomic E-state index is 13.1. The van der Waals surface area contributed by atoms with Crippen molar-refractivity contribution in [1.29, 1.82) is 0 Å². The summed E-state index contributed by atoms with van der Waals surface area (Å²) in [4.78, 5) is 15.2. The zero-order valence-electron chi connectivity index (χ0n) is 15.7. The molecule has 2 heterocycles. The second kappa shape index (κ2) is 6.89. The molecule has 2 aromatic rings. The molecular weight excluding hydrogens is 400 g/mol. The lowest BCUT2D eigenvalue weighted by atomic mass is 10.1. The Morgan fingerprint density at radius 2 is 1.89 bits per heavy atom. The van der Waals surface area contributed by atoms with Gasteiger partial charge in [-0.25, -0.2) is 8.42 Å². The van der Waals surface area contributed by atoms with Gasteiger partial charge in [0.25, 0.3) is 10.0 Å². The molecule has 0 spiro atoms. The smallest absolute Gasteiger partial charge is 0.262 e. The Kier molecular flexibility index (Phi) is 4.67. The van der Waals surface area contributed by atoms with Gasteiger partial charge in [0.05, 0.1) is 36.9 Å². The number of thioether (sulfide) groups is 1. The largest absolute Gasteiger partial charge is 0.493 e. The SMILES string of the molecule is COc1ccc(NS(=O)(=O)c2ccc3c4c2CC(=O)N4CC(C)S3)cc1OC. The molecule has 1 N–H and O–H groups in total. The summed E-state index contributed by atoms with van der Waals surface area (Å²) in [7, 11) is -0.882. The van der Waals surface area contributed by atoms with Crippen LogP contribution in [0.15, 0.2) is 40.1 Å². The average Bonchev–Trinajstić information content (AvgIpc) is 2.98. The molecule has 0 aromatic heterocycles. The molecule has 2 aliphatic rings. The highest BCUT2D eigenvalue weighted by Gasteiger charge is 2.38. The molecule has 0 saturated heterocycles. The van der Waals surface area contributed by atoms with E-state index in [0.717, 1.165) is 10.6 Å². The van der Waals surface area contributed by atoms with Gasteiger partial charge in [-0.3, -0.25) is 9.52 Å². The second-order valence-electron chi connectivity index (χ2n) is 6.67. The molecule has 0 fully saturated rings. The molecule has 0 bridgehead atoms. The van der Waals surface area contributed by atoms with Gasteiger partial charge in [0.15, 0.2) is 11.5 Å². The van der Waals surface area contributed by atoms with Crippen molar-refractivity contribution < 1.29 is 22.7 Å². The van der Waals surface area contributed by atoms with Crippen LogP contribution in [-0.2, 0) is 21.2 Å². The highest BCUT2D eigenvalue weighted by Crippen LogP contribution is 2.46. The van der Waals surface area contributed by atoms with Crippen LogP contribution in [0.4, 0.5) is 11.4 Å². The van der Waals surface area contributed by atoms with E-state index in [1.165, 1.54) is 14.2 Å². The predicted molar refractivity (Wildman–Crippen MR) is 108 cm³/mol. The van der Waals surface area contributed by atoms with Gasteiger partial charge in [0, 0.05) is 28.3 Å². The minimum Gasteiger partial charge on any atom is -0.493 e. The van der Waals surface area contributed by atoms with Crippen LogP contribution in [0, 0.1) is 0 Å². The summed E-state index contributed by atoms with van der Waals surface area (Å²) in [5.74, 6) is 0.867. The van der Waals surface area contributed by atoms with Crippen LogP contribution >= 0.6 is 11.8 Å². The fraction of sp³-hybridized carbons (Fsp3) is 0.316. The van der Waals surface area contributed by atoms with Crippen LogP contribution in [0.5, 0.6) is 11.5 Å². The Morgan fingerprint density at radius 3 is 2.61 bits per heavy atom. The molecule has 1 unspecified atom stereocenters. The van der Waals surface area contributed by atoms with Gasteiger partial charge in [-0.15, -0.1) is 11.8 Å². The first kappa shape index (κ1) is 18.9. The average molecular weight is 421 g/mol. The van der Waals surface area contributed by atoms with Gasteiger partial charge >= 0.3 is 0 Å². The normalized spacial score (nSPS) is 18.0. The number of hydrogen-bond acceptors (Lipinski definition) is 6.